The Kier molecular flexibility index (Phi) is 6.97. The van der Waals surface area contributed by atoms with Crippen LogP contribution in [0.4, 0.5) is 5.82 Å². The second-order valence-corrected chi connectivity index (χ2v) is 14.1. The number of sulfonamides is 1. The Labute approximate surface area is 251 Å². The van der Waals surface area contributed by atoms with Gasteiger partial charge < -0.3 is 10.0 Å². The molecule has 43 heavy (non-hydrogen) atoms. The molecule has 1 N–H and O–H groups in total. The quantitative estimate of drug-likeness (QED) is 0.316. The van der Waals surface area contributed by atoms with Crippen LogP contribution in [0.1, 0.15) is 78.3 Å². The molecule has 0 radical (unpaired) electrons. The molecule has 2 atom stereocenters. The number of piperidine rings is 1. The van der Waals surface area contributed by atoms with Gasteiger partial charge in [-0.05, 0) is 92.0 Å². The molecule has 2 aliphatic heterocycles. The standard InChI is InChI=1S/C32H36N6O4S/c1-20-8-9-22(27(17-30(39)40)26-12-13-28-31(21(26)2)34-35-38(28)24-10-11-24)16-23(20)18-36-19-25-6-3-4-15-37(25)32-29(43(36,41)42)7-5-14-33-32/h5,7-9,12-14,16,24-25,27H,3-4,6,10-11,15,17-19H2,1-2H3,(H,39,40)/t25-,27-/m0/s1. The van der Waals surface area contributed by atoms with Gasteiger partial charge >= 0.3 is 5.97 Å². The summed E-state index contributed by atoms with van der Waals surface area (Å²) in [5.74, 6) is -0.775. The summed E-state index contributed by atoms with van der Waals surface area (Å²) in [6.45, 7) is 5.34. The number of fused-ring (bicyclic) bond motifs is 4. The van der Waals surface area contributed by atoms with E-state index in [1.54, 1.807) is 22.6 Å². The number of rotatable bonds is 7. The second kappa shape index (κ2) is 10.7. The summed E-state index contributed by atoms with van der Waals surface area (Å²) in [4.78, 5) is 19.1. The third kappa shape index (κ3) is 4.98. The van der Waals surface area contributed by atoms with Crippen molar-refractivity contribution in [1.82, 2.24) is 24.3 Å². The van der Waals surface area contributed by atoms with Gasteiger partial charge in [-0.25, -0.2) is 18.1 Å². The Hall–Kier alpha value is -3.83. The van der Waals surface area contributed by atoms with Gasteiger partial charge in [-0.2, -0.15) is 4.31 Å². The number of aliphatic carboxylic acids is 1. The monoisotopic (exact) mass is 600 g/mol. The Morgan fingerprint density at radius 2 is 1.91 bits per heavy atom. The molecule has 2 aromatic carbocycles. The molecule has 10 nitrogen and oxygen atoms in total. The first kappa shape index (κ1) is 28.0. The average molecular weight is 601 g/mol. The summed E-state index contributed by atoms with van der Waals surface area (Å²) in [6.07, 6.45) is 6.75. The maximum Gasteiger partial charge on any atom is 0.304 e. The summed E-state index contributed by atoms with van der Waals surface area (Å²) in [6, 6.07) is 13.7. The highest BCUT2D eigenvalue weighted by molar-refractivity contribution is 7.89. The Morgan fingerprint density at radius 3 is 2.70 bits per heavy atom. The molecule has 1 saturated carbocycles. The van der Waals surface area contributed by atoms with Gasteiger partial charge in [0.15, 0.2) is 0 Å². The van der Waals surface area contributed by atoms with Crippen molar-refractivity contribution in [3.05, 3.63) is 76.5 Å². The molecule has 4 heterocycles. The summed E-state index contributed by atoms with van der Waals surface area (Å²) in [5.41, 5.74) is 6.26. The Morgan fingerprint density at radius 1 is 1.07 bits per heavy atom. The van der Waals surface area contributed by atoms with Crippen LogP contribution in [0.2, 0.25) is 0 Å². The highest BCUT2D eigenvalue weighted by Gasteiger charge is 2.39. The van der Waals surface area contributed by atoms with E-state index in [2.05, 4.69) is 20.2 Å². The number of pyridine rings is 1. The fourth-order valence-electron chi connectivity index (χ4n) is 6.86. The Balaban J connectivity index is 1.26. The first-order valence-corrected chi connectivity index (χ1v) is 16.5. The van der Waals surface area contributed by atoms with Crippen LogP contribution in [0.5, 0.6) is 0 Å². The number of anilines is 1. The van der Waals surface area contributed by atoms with Gasteiger partial charge in [0.25, 0.3) is 0 Å². The molecule has 7 rings (SSSR count). The molecule has 1 aliphatic carbocycles. The van der Waals surface area contributed by atoms with Crippen LogP contribution in [0, 0.1) is 13.8 Å². The molecule has 0 spiro atoms. The number of carbonyl (C=O) groups is 1. The van der Waals surface area contributed by atoms with E-state index in [4.69, 9.17) is 0 Å². The van der Waals surface area contributed by atoms with Gasteiger partial charge in [0.2, 0.25) is 10.0 Å². The third-order valence-corrected chi connectivity index (χ3v) is 11.2. The lowest BCUT2D eigenvalue weighted by Crippen LogP contribution is -2.45. The van der Waals surface area contributed by atoms with Crippen LogP contribution in [0.25, 0.3) is 11.0 Å². The van der Waals surface area contributed by atoms with Crippen LogP contribution < -0.4 is 4.90 Å². The van der Waals surface area contributed by atoms with Gasteiger partial charge in [0.1, 0.15) is 16.2 Å². The molecule has 2 aromatic heterocycles. The molecule has 4 aromatic rings. The molecule has 0 unspecified atom stereocenters. The van der Waals surface area contributed by atoms with Gasteiger partial charge in [-0.3, -0.25) is 4.79 Å². The van der Waals surface area contributed by atoms with Gasteiger partial charge in [0, 0.05) is 37.8 Å². The van der Waals surface area contributed by atoms with Crippen LogP contribution >= 0.6 is 0 Å². The highest BCUT2D eigenvalue weighted by atomic mass is 32.2. The predicted molar refractivity (Wildman–Crippen MR) is 163 cm³/mol. The number of carboxylic acids is 1. The van der Waals surface area contributed by atoms with Crippen molar-refractivity contribution in [1.29, 1.82) is 0 Å². The van der Waals surface area contributed by atoms with E-state index < -0.39 is 21.9 Å². The van der Waals surface area contributed by atoms with E-state index in [-0.39, 0.29) is 23.9 Å². The number of aromatic nitrogens is 4. The van der Waals surface area contributed by atoms with Crippen molar-refractivity contribution >= 4 is 32.8 Å². The van der Waals surface area contributed by atoms with E-state index in [1.807, 2.05) is 48.9 Å². The minimum absolute atomic E-state index is 0.0568. The number of nitrogens with zero attached hydrogens (tertiary/aromatic N) is 6. The van der Waals surface area contributed by atoms with Crippen molar-refractivity contribution in [3.8, 4) is 0 Å². The molecule has 0 bridgehead atoms. The van der Waals surface area contributed by atoms with Crippen molar-refractivity contribution in [2.24, 2.45) is 0 Å². The van der Waals surface area contributed by atoms with E-state index in [0.29, 0.717) is 18.4 Å². The number of carboxylic acid groups (broad SMARTS) is 1. The molecule has 0 amide bonds. The SMILES string of the molecule is Cc1ccc([C@H](CC(=O)O)c2ccc3c(nnn3C3CC3)c2C)cc1CN1C[C@@H]2CCCCN2c2ncccc2S1(=O)=O. The zero-order valence-electron chi connectivity index (χ0n) is 24.5. The van der Waals surface area contributed by atoms with Crippen molar-refractivity contribution in [2.45, 2.75) is 81.8 Å². The third-order valence-electron chi connectivity index (χ3n) is 9.39. The lowest BCUT2D eigenvalue weighted by atomic mass is 9.84. The van der Waals surface area contributed by atoms with E-state index >= 15 is 0 Å². The molecular formula is C32H36N6O4S. The predicted octanol–water partition coefficient (Wildman–Crippen LogP) is 4.95. The van der Waals surface area contributed by atoms with Crippen LogP contribution in [0.15, 0.2) is 53.6 Å². The topological polar surface area (TPSA) is 122 Å². The molecule has 1 saturated heterocycles. The molecule has 3 aliphatic rings. The van der Waals surface area contributed by atoms with Gasteiger partial charge in [0.05, 0.1) is 18.0 Å². The summed E-state index contributed by atoms with van der Waals surface area (Å²) >= 11 is 0. The smallest absolute Gasteiger partial charge is 0.304 e. The van der Waals surface area contributed by atoms with Crippen LogP contribution in [-0.2, 0) is 21.4 Å². The molecule has 11 heteroatoms. The Bertz CT molecular complexity index is 1830. The zero-order valence-corrected chi connectivity index (χ0v) is 25.3. The van der Waals surface area contributed by atoms with Crippen molar-refractivity contribution in [3.63, 3.8) is 0 Å². The van der Waals surface area contributed by atoms with E-state index in [9.17, 15) is 18.3 Å². The summed E-state index contributed by atoms with van der Waals surface area (Å²) < 4.78 is 31.7. The van der Waals surface area contributed by atoms with Crippen LogP contribution in [-0.4, -0.2) is 62.9 Å². The largest absolute Gasteiger partial charge is 0.481 e. The van der Waals surface area contributed by atoms with Gasteiger partial charge in [-0.1, -0.05) is 29.5 Å². The maximum absolute atomic E-state index is 14.1. The van der Waals surface area contributed by atoms with E-state index in [1.165, 1.54) is 0 Å². The summed E-state index contributed by atoms with van der Waals surface area (Å²) in [5, 5.41) is 18.8. The molecule has 224 valence electrons. The fraction of sp³-hybridized carbons (Fsp3) is 0.438. The average Bonchev–Trinajstić information content (AvgIpc) is 3.76. The lowest BCUT2D eigenvalue weighted by molar-refractivity contribution is -0.137. The zero-order chi connectivity index (χ0) is 29.9. The number of hydrogen-bond acceptors (Lipinski definition) is 7. The van der Waals surface area contributed by atoms with Crippen molar-refractivity contribution < 1.29 is 18.3 Å². The number of hydrogen-bond donors (Lipinski definition) is 1. The first-order valence-electron chi connectivity index (χ1n) is 15.1. The number of aryl methyl sites for hydroxylation is 2. The van der Waals surface area contributed by atoms with E-state index in [0.717, 1.165) is 77.5 Å². The fourth-order valence-corrected chi connectivity index (χ4v) is 8.47. The molecular weight excluding hydrogens is 564 g/mol. The highest BCUT2D eigenvalue weighted by Crippen LogP contribution is 2.40. The minimum Gasteiger partial charge on any atom is -0.481 e. The first-order chi connectivity index (χ1) is 20.7. The molecule has 2 fully saturated rings. The van der Waals surface area contributed by atoms with Crippen LogP contribution in [0.3, 0.4) is 0 Å². The normalized spacial score (nSPS) is 20.8. The summed E-state index contributed by atoms with van der Waals surface area (Å²) in [7, 11) is -3.81. The number of benzene rings is 2. The second-order valence-electron chi connectivity index (χ2n) is 12.2. The van der Waals surface area contributed by atoms with Gasteiger partial charge in [-0.15, -0.1) is 5.10 Å². The van der Waals surface area contributed by atoms with Crippen molar-refractivity contribution in [2.75, 3.05) is 18.0 Å². The maximum atomic E-state index is 14.1. The minimum atomic E-state index is -3.81. The lowest BCUT2D eigenvalue weighted by Gasteiger charge is -2.36.